The smallest absolute Gasteiger partial charge is 0.224 e. The third-order valence-corrected chi connectivity index (χ3v) is 3.52. The molecule has 1 aromatic rings. The molecular weight excluding hydrogens is 288 g/mol. The standard InChI is InChI=1S/C16H24N2O2.ClH/c1-11(2)20-15-6-4-5-13(9-15)12(3)18-16(19)14-7-8-17-10-14;/h4-6,9,11-12,14,17H,7-8,10H2,1-3H3,(H,18,19);1H. The number of carbonyl (C=O) groups excluding carboxylic acids is 1. The van der Waals surface area contributed by atoms with Crippen LogP contribution < -0.4 is 15.4 Å². The first-order valence-electron chi connectivity index (χ1n) is 7.34. The maximum atomic E-state index is 12.1. The molecule has 2 unspecified atom stereocenters. The Balaban J connectivity index is 0.00000220. The molecule has 1 fully saturated rings. The van der Waals surface area contributed by atoms with E-state index in [1.807, 2.05) is 45.0 Å². The van der Waals surface area contributed by atoms with Crippen molar-refractivity contribution in [2.75, 3.05) is 13.1 Å². The second-order valence-corrected chi connectivity index (χ2v) is 5.66. The van der Waals surface area contributed by atoms with E-state index in [4.69, 9.17) is 4.74 Å². The second-order valence-electron chi connectivity index (χ2n) is 5.66. The van der Waals surface area contributed by atoms with Crippen molar-refractivity contribution in [1.29, 1.82) is 0 Å². The minimum atomic E-state index is -0.00110. The van der Waals surface area contributed by atoms with Crippen LogP contribution in [0.2, 0.25) is 0 Å². The van der Waals surface area contributed by atoms with Gasteiger partial charge < -0.3 is 15.4 Å². The molecule has 21 heavy (non-hydrogen) atoms. The fourth-order valence-electron chi connectivity index (χ4n) is 2.42. The fraction of sp³-hybridized carbons (Fsp3) is 0.562. The van der Waals surface area contributed by atoms with E-state index in [9.17, 15) is 4.79 Å². The molecule has 1 aromatic carbocycles. The molecule has 0 bridgehead atoms. The van der Waals surface area contributed by atoms with Crippen LogP contribution in [-0.4, -0.2) is 25.1 Å². The number of ether oxygens (including phenoxy) is 1. The van der Waals surface area contributed by atoms with Crippen LogP contribution in [0, 0.1) is 5.92 Å². The lowest BCUT2D eigenvalue weighted by Crippen LogP contribution is -2.33. The van der Waals surface area contributed by atoms with Crippen LogP contribution in [0.4, 0.5) is 0 Å². The largest absolute Gasteiger partial charge is 0.491 e. The quantitative estimate of drug-likeness (QED) is 0.879. The van der Waals surface area contributed by atoms with Crippen LogP contribution in [0.1, 0.15) is 38.8 Å². The van der Waals surface area contributed by atoms with Gasteiger partial charge >= 0.3 is 0 Å². The highest BCUT2D eigenvalue weighted by Gasteiger charge is 2.23. The third kappa shape index (κ3) is 5.21. The van der Waals surface area contributed by atoms with Crippen molar-refractivity contribution in [3.63, 3.8) is 0 Å². The molecule has 2 atom stereocenters. The van der Waals surface area contributed by atoms with Gasteiger partial charge in [0, 0.05) is 6.54 Å². The minimum Gasteiger partial charge on any atom is -0.491 e. The SMILES string of the molecule is CC(C)Oc1cccc(C(C)NC(=O)C2CCNC2)c1.Cl. The second kappa shape index (κ2) is 8.25. The van der Waals surface area contributed by atoms with Crippen LogP contribution in [0.25, 0.3) is 0 Å². The molecule has 0 saturated carbocycles. The van der Waals surface area contributed by atoms with E-state index < -0.39 is 0 Å². The number of halogens is 1. The number of carbonyl (C=O) groups is 1. The Morgan fingerprint density at radius 3 is 2.76 bits per heavy atom. The van der Waals surface area contributed by atoms with Crippen molar-refractivity contribution in [3.8, 4) is 5.75 Å². The van der Waals surface area contributed by atoms with E-state index in [1.54, 1.807) is 0 Å². The molecule has 1 heterocycles. The number of amides is 1. The Labute approximate surface area is 133 Å². The van der Waals surface area contributed by atoms with Crippen molar-refractivity contribution in [3.05, 3.63) is 29.8 Å². The molecule has 0 spiro atoms. The molecule has 2 N–H and O–H groups in total. The molecule has 4 nitrogen and oxygen atoms in total. The molecule has 2 rings (SSSR count). The van der Waals surface area contributed by atoms with E-state index >= 15 is 0 Å². The van der Waals surface area contributed by atoms with E-state index in [-0.39, 0.29) is 36.4 Å². The fourth-order valence-corrected chi connectivity index (χ4v) is 2.42. The van der Waals surface area contributed by atoms with Gasteiger partial charge in [-0.05, 0) is 51.4 Å². The van der Waals surface area contributed by atoms with Gasteiger partial charge in [0.2, 0.25) is 5.91 Å². The summed E-state index contributed by atoms with van der Waals surface area (Å²) in [6.45, 7) is 7.74. The molecule has 1 aliphatic rings. The van der Waals surface area contributed by atoms with Gasteiger partial charge in [-0.3, -0.25) is 4.79 Å². The average Bonchev–Trinajstić information content (AvgIpc) is 2.92. The molecule has 118 valence electrons. The van der Waals surface area contributed by atoms with Crippen molar-refractivity contribution < 1.29 is 9.53 Å². The van der Waals surface area contributed by atoms with Crippen molar-refractivity contribution in [2.45, 2.75) is 39.3 Å². The highest BCUT2D eigenvalue weighted by molar-refractivity contribution is 5.85. The number of hydrogen-bond donors (Lipinski definition) is 2. The summed E-state index contributed by atoms with van der Waals surface area (Å²) in [7, 11) is 0. The maximum Gasteiger partial charge on any atom is 0.224 e. The van der Waals surface area contributed by atoms with Crippen LogP contribution >= 0.6 is 12.4 Å². The van der Waals surface area contributed by atoms with E-state index in [2.05, 4.69) is 10.6 Å². The number of hydrogen-bond acceptors (Lipinski definition) is 3. The predicted octanol–water partition coefficient (Wildman–Crippen LogP) is 2.68. The van der Waals surface area contributed by atoms with Crippen LogP contribution in [0.3, 0.4) is 0 Å². The molecular formula is C16H25ClN2O2. The van der Waals surface area contributed by atoms with Gasteiger partial charge in [-0.15, -0.1) is 12.4 Å². The topological polar surface area (TPSA) is 50.4 Å². The molecule has 5 heteroatoms. The molecule has 0 aromatic heterocycles. The first kappa shape index (κ1) is 17.8. The number of nitrogens with one attached hydrogen (secondary N) is 2. The predicted molar refractivity (Wildman–Crippen MR) is 87.0 cm³/mol. The lowest BCUT2D eigenvalue weighted by Gasteiger charge is -2.18. The Kier molecular flexibility index (Phi) is 6.99. The summed E-state index contributed by atoms with van der Waals surface area (Å²) in [6.07, 6.45) is 1.08. The number of benzene rings is 1. The zero-order chi connectivity index (χ0) is 14.5. The van der Waals surface area contributed by atoms with Crippen molar-refractivity contribution >= 4 is 18.3 Å². The lowest BCUT2D eigenvalue weighted by atomic mass is 10.0. The molecule has 1 saturated heterocycles. The number of rotatable bonds is 5. The summed E-state index contributed by atoms with van der Waals surface area (Å²) in [4.78, 5) is 12.1. The van der Waals surface area contributed by atoms with Crippen molar-refractivity contribution in [2.24, 2.45) is 5.92 Å². The zero-order valence-electron chi connectivity index (χ0n) is 12.9. The Hall–Kier alpha value is -1.26. The summed E-state index contributed by atoms with van der Waals surface area (Å²) in [5.41, 5.74) is 1.07. The maximum absolute atomic E-state index is 12.1. The van der Waals surface area contributed by atoms with E-state index in [1.165, 1.54) is 0 Å². The van der Waals surface area contributed by atoms with E-state index in [0.717, 1.165) is 30.8 Å². The molecule has 0 aliphatic carbocycles. The molecule has 1 aliphatic heterocycles. The zero-order valence-corrected chi connectivity index (χ0v) is 13.7. The summed E-state index contributed by atoms with van der Waals surface area (Å²) < 4.78 is 5.69. The normalized spacial score (nSPS) is 19.0. The van der Waals surface area contributed by atoms with Gasteiger partial charge in [-0.1, -0.05) is 12.1 Å². The highest BCUT2D eigenvalue weighted by Crippen LogP contribution is 2.21. The van der Waals surface area contributed by atoms with Crippen LogP contribution in [-0.2, 0) is 4.79 Å². The van der Waals surface area contributed by atoms with Gasteiger partial charge in [0.25, 0.3) is 0 Å². The van der Waals surface area contributed by atoms with E-state index in [0.29, 0.717) is 0 Å². The Morgan fingerprint density at radius 2 is 2.14 bits per heavy atom. The summed E-state index contributed by atoms with van der Waals surface area (Å²) in [6, 6.07) is 7.92. The van der Waals surface area contributed by atoms with Crippen LogP contribution in [0.5, 0.6) is 5.75 Å². The van der Waals surface area contributed by atoms with Gasteiger partial charge in [-0.2, -0.15) is 0 Å². The van der Waals surface area contributed by atoms with Crippen LogP contribution in [0.15, 0.2) is 24.3 Å². The van der Waals surface area contributed by atoms with Gasteiger partial charge in [-0.25, -0.2) is 0 Å². The highest BCUT2D eigenvalue weighted by atomic mass is 35.5. The monoisotopic (exact) mass is 312 g/mol. The summed E-state index contributed by atoms with van der Waals surface area (Å²) >= 11 is 0. The average molecular weight is 313 g/mol. The minimum absolute atomic E-state index is 0. The third-order valence-electron chi connectivity index (χ3n) is 3.52. The van der Waals surface area contributed by atoms with Gasteiger partial charge in [0.05, 0.1) is 18.1 Å². The summed E-state index contributed by atoms with van der Waals surface area (Å²) in [5.74, 6) is 1.09. The molecule has 0 radical (unpaired) electrons. The van der Waals surface area contributed by atoms with Crippen molar-refractivity contribution in [1.82, 2.24) is 10.6 Å². The first-order chi connectivity index (χ1) is 9.56. The van der Waals surface area contributed by atoms with Gasteiger partial charge in [0.15, 0.2) is 0 Å². The van der Waals surface area contributed by atoms with Gasteiger partial charge in [0.1, 0.15) is 5.75 Å². The Morgan fingerprint density at radius 1 is 1.38 bits per heavy atom. The Bertz CT molecular complexity index is 459. The first-order valence-corrected chi connectivity index (χ1v) is 7.34. The lowest BCUT2D eigenvalue weighted by molar-refractivity contribution is -0.125. The summed E-state index contributed by atoms with van der Waals surface area (Å²) in [5, 5.41) is 6.30. The molecule has 1 amide bonds.